The van der Waals surface area contributed by atoms with Gasteiger partial charge in [-0.3, -0.25) is 4.79 Å². The van der Waals surface area contributed by atoms with Gasteiger partial charge in [-0.05, 0) is 38.0 Å². The van der Waals surface area contributed by atoms with Crippen molar-refractivity contribution in [1.82, 2.24) is 9.55 Å². The lowest BCUT2D eigenvalue weighted by molar-refractivity contribution is -0.133. The Kier molecular flexibility index (Phi) is 4.14. The van der Waals surface area contributed by atoms with Crippen LogP contribution in [-0.2, 0) is 4.79 Å². The smallest absolute Gasteiger partial charge is 0.313 e. The lowest BCUT2D eigenvalue weighted by atomic mass is 10.2. The van der Waals surface area contributed by atoms with E-state index in [2.05, 4.69) is 35.5 Å². The van der Waals surface area contributed by atoms with Crippen LogP contribution in [0.3, 0.4) is 0 Å². The molecule has 0 fully saturated rings. The van der Waals surface area contributed by atoms with E-state index in [-0.39, 0.29) is 5.75 Å². The molecule has 0 aliphatic heterocycles. The summed E-state index contributed by atoms with van der Waals surface area (Å²) in [5, 5.41) is 9.61. The molecule has 0 aliphatic rings. The first kappa shape index (κ1) is 13.9. The highest BCUT2D eigenvalue weighted by Gasteiger charge is 2.16. The monoisotopic (exact) mass is 278 g/mol. The number of aliphatic carboxylic acids is 1. The summed E-state index contributed by atoms with van der Waals surface area (Å²) in [5.41, 5.74) is 3.18. The Labute approximate surface area is 116 Å². The number of rotatable bonds is 5. The van der Waals surface area contributed by atoms with Gasteiger partial charge in [-0.2, -0.15) is 0 Å². The highest BCUT2D eigenvalue weighted by Crippen LogP contribution is 2.29. The number of benzene rings is 1. The molecule has 1 N–H and O–H groups in total. The van der Waals surface area contributed by atoms with Crippen LogP contribution in [-0.4, -0.2) is 26.4 Å². The van der Waals surface area contributed by atoms with Gasteiger partial charge in [-0.1, -0.05) is 24.8 Å². The highest BCUT2D eigenvalue weighted by molar-refractivity contribution is 7.99. The molecule has 0 saturated heterocycles. The van der Waals surface area contributed by atoms with E-state index in [4.69, 9.17) is 5.11 Å². The molecule has 1 unspecified atom stereocenters. The predicted molar refractivity (Wildman–Crippen MR) is 77.8 cm³/mol. The minimum absolute atomic E-state index is 0.0404. The molecular formula is C14H18N2O2S. The Morgan fingerprint density at radius 1 is 1.53 bits per heavy atom. The third-order valence-corrected chi connectivity index (χ3v) is 4.11. The van der Waals surface area contributed by atoms with Gasteiger partial charge in [-0.15, -0.1) is 0 Å². The molecule has 0 aliphatic carbocycles. The van der Waals surface area contributed by atoms with Crippen LogP contribution in [0, 0.1) is 6.92 Å². The summed E-state index contributed by atoms with van der Waals surface area (Å²) >= 11 is 1.28. The third kappa shape index (κ3) is 2.92. The number of carboxylic acids is 1. The molecule has 19 heavy (non-hydrogen) atoms. The topological polar surface area (TPSA) is 55.1 Å². The van der Waals surface area contributed by atoms with E-state index in [1.165, 1.54) is 11.8 Å². The Bertz CT molecular complexity index is 607. The number of nitrogens with zero attached hydrogens (tertiary/aromatic N) is 2. The van der Waals surface area contributed by atoms with Crippen molar-refractivity contribution in [3.05, 3.63) is 23.8 Å². The quantitative estimate of drug-likeness (QED) is 0.851. The maximum Gasteiger partial charge on any atom is 0.313 e. The largest absolute Gasteiger partial charge is 0.481 e. The number of hydrogen-bond acceptors (Lipinski definition) is 3. The Morgan fingerprint density at radius 2 is 2.26 bits per heavy atom. The van der Waals surface area contributed by atoms with Crippen LogP contribution in [0.2, 0.25) is 0 Å². The van der Waals surface area contributed by atoms with Gasteiger partial charge in [0, 0.05) is 6.04 Å². The first-order chi connectivity index (χ1) is 9.02. The van der Waals surface area contributed by atoms with E-state index in [0.29, 0.717) is 6.04 Å². The summed E-state index contributed by atoms with van der Waals surface area (Å²) < 4.78 is 2.14. The van der Waals surface area contributed by atoms with Crippen LogP contribution >= 0.6 is 11.8 Å². The van der Waals surface area contributed by atoms with Gasteiger partial charge in [0.15, 0.2) is 5.16 Å². The molecule has 1 heterocycles. The summed E-state index contributed by atoms with van der Waals surface area (Å²) in [6, 6.07) is 6.48. The molecule has 0 bridgehead atoms. The zero-order valence-corrected chi connectivity index (χ0v) is 12.2. The first-order valence-electron chi connectivity index (χ1n) is 6.36. The van der Waals surface area contributed by atoms with Gasteiger partial charge in [-0.25, -0.2) is 4.98 Å². The Balaban J connectivity index is 2.50. The van der Waals surface area contributed by atoms with E-state index < -0.39 is 5.97 Å². The minimum Gasteiger partial charge on any atom is -0.481 e. The maximum atomic E-state index is 10.7. The third-order valence-electron chi connectivity index (χ3n) is 3.17. The molecule has 5 heteroatoms. The zero-order chi connectivity index (χ0) is 14.0. The fourth-order valence-electron chi connectivity index (χ4n) is 2.02. The van der Waals surface area contributed by atoms with Crippen molar-refractivity contribution in [3.63, 3.8) is 0 Å². The molecule has 1 aromatic carbocycles. The van der Waals surface area contributed by atoms with Crippen molar-refractivity contribution in [1.29, 1.82) is 0 Å². The Hall–Kier alpha value is -1.49. The molecule has 102 valence electrons. The lowest BCUT2D eigenvalue weighted by Crippen LogP contribution is -2.07. The number of thioether (sulfide) groups is 1. The summed E-state index contributed by atoms with van der Waals surface area (Å²) in [6.45, 7) is 6.29. The van der Waals surface area contributed by atoms with Crippen LogP contribution in [0.25, 0.3) is 11.0 Å². The highest BCUT2D eigenvalue weighted by atomic mass is 32.2. The van der Waals surface area contributed by atoms with Crippen LogP contribution < -0.4 is 0 Å². The molecular weight excluding hydrogens is 260 g/mol. The number of carbonyl (C=O) groups is 1. The molecule has 0 amide bonds. The normalized spacial score (nSPS) is 12.8. The fraction of sp³-hybridized carbons (Fsp3) is 0.429. The zero-order valence-electron chi connectivity index (χ0n) is 11.4. The van der Waals surface area contributed by atoms with Crippen molar-refractivity contribution >= 4 is 28.8 Å². The van der Waals surface area contributed by atoms with Crippen LogP contribution in [0.1, 0.15) is 31.9 Å². The van der Waals surface area contributed by atoms with Crippen molar-refractivity contribution in [3.8, 4) is 0 Å². The summed E-state index contributed by atoms with van der Waals surface area (Å²) in [5.74, 6) is -0.775. The molecule has 0 spiro atoms. The first-order valence-corrected chi connectivity index (χ1v) is 7.34. The molecule has 2 aromatic rings. The maximum absolute atomic E-state index is 10.7. The van der Waals surface area contributed by atoms with Crippen molar-refractivity contribution in [2.45, 2.75) is 38.4 Å². The molecule has 4 nitrogen and oxygen atoms in total. The number of fused-ring (bicyclic) bond motifs is 1. The Morgan fingerprint density at radius 3 is 2.89 bits per heavy atom. The second kappa shape index (κ2) is 5.65. The van der Waals surface area contributed by atoms with E-state index >= 15 is 0 Å². The molecule has 0 radical (unpaired) electrons. The SMILES string of the molecule is CCC(C)n1c(SCC(=O)O)nc2cc(C)ccc21. The molecule has 1 atom stereocenters. The van der Waals surface area contributed by atoms with Gasteiger partial charge in [0.25, 0.3) is 0 Å². The number of carboxylic acid groups (broad SMARTS) is 1. The lowest BCUT2D eigenvalue weighted by Gasteiger charge is -2.15. The number of aromatic nitrogens is 2. The molecule has 0 saturated carbocycles. The van der Waals surface area contributed by atoms with Crippen molar-refractivity contribution in [2.75, 3.05) is 5.75 Å². The summed E-state index contributed by atoms with van der Waals surface area (Å²) in [7, 11) is 0. The van der Waals surface area contributed by atoms with Crippen LogP contribution in [0.15, 0.2) is 23.4 Å². The van der Waals surface area contributed by atoms with Gasteiger partial charge in [0.05, 0.1) is 16.8 Å². The molecule has 2 rings (SSSR count). The van der Waals surface area contributed by atoms with Gasteiger partial charge in [0.2, 0.25) is 0 Å². The van der Waals surface area contributed by atoms with Crippen molar-refractivity contribution in [2.24, 2.45) is 0 Å². The van der Waals surface area contributed by atoms with Crippen molar-refractivity contribution < 1.29 is 9.90 Å². The van der Waals surface area contributed by atoms with E-state index in [1.807, 2.05) is 13.0 Å². The summed E-state index contributed by atoms with van der Waals surface area (Å²) in [4.78, 5) is 15.3. The standard InChI is InChI=1S/C14H18N2O2S/c1-4-10(3)16-12-6-5-9(2)7-11(12)15-14(16)19-8-13(17)18/h5-7,10H,4,8H2,1-3H3,(H,17,18). The summed E-state index contributed by atoms with van der Waals surface area (Å²) in [6.07, 6.45) is 0.986. The predicted octanol–water partition coefficient (Wildman–Crippen LogP) is 3.49. The average molecular weight is 278 g/mol. The minimum atomic E-state index is -0.816. The van der Waals surface area contributed by atoms with Crippen LogP contribution in [0.4, 0.5) is 0 Å². The number of aryl methyl sites for hydroxylation is 1. The van der Waals surface area contributed by atoms with Gasteiger partial charge in [0.1, 0.15) is 0 Å². The second-order valence-electron chi connectivity index (χ2n) is 4.70. The number of hydrogen-bond donors (Lipinski definition) is 1. The fourth-order valence-corrected chi connectivity index (χ4v) is 2.86. The number of imidazole rings is 1. The van der Waals surface area contributed by atoms with E-state index in [1.54, 1.807) is 0 Å². The van der Waals surface area contributed by atoms with Crippen LogP contribution in [0.5, 0.6) is 0 Å². The van der Waals surface area contributed by atoms with E-state index in [9.17, 15) is 4.79 Å². The van der Waals surface area contributed by atoms with E-state index in [0.717, 1.165) is 28.2 Å². The second-order valence-corrected chi connectivity index (χ2v) is 5.64. The average Bonchev–Trinajstić information content (AvgIpc) is 2.72. The molecule has 1 aromatic heterocycles. The van der Waals surface area contributed by atoms with Gasteiger partial charge < -0.3 is 9.67 Å². The van der Waals surface area contributed by atoms with Gasteiger partial charge >= 0.3 is 5.97 Å².